The van der Waals surface area contributed by atoms with Crippen molar-refractivity contribution >= 4 is 11.4 Å². The van der Waals surface area contributed by atoms with Gasteiger partial charge in [-0.25, -0.2) is 0 Å². The lowest BCUT2D eigenvalue weighted by molar-refractivity contribution is -0.0878. The zero-order valence-corrected chi connectivity index (χ0v) is 23.9. The summed E-state index contributed by atoms with van der Waals surface area (Å²) in [7, 11) is 0. The molecule has 1 unspecified atom stereocenters. The smallest absolute Gasteiger partial charge is 0.354 e. The molecule has 0 amide bonds. The van der Waals surface area contributed by atoms with Crippen molar-refractivity contribution in [3.8, 4) is 6.07 Å². The lowest BCUT2D eigenvalue weighted by Crippen LogP contribution is -2.25. The molecule has 2 aliphatic rings. The minimum Gasteiger partial charge on any atom is -0.354 e. The topological polar surface area (TPSA) is 59.9 Å². The number of aryl methyl sites for hydroxylation is 2. The van der Waals surface area contributed by atoms with Gasteiger partial charge in [0.1, 0.15) is 0 Å². The summed E-state index contributed by atoms with van der Waals surface area (Å²) in [6.07, 6.45) is 0.512. The molecular weight excluding hydrogens is 533 g/mol. The standard InChI is InChI=1S/C35H35F3N4/c1-22-10-15-31(23(2)16-22)33(40-21-25-11-12-25)28-7-5-9-30(19-28)42-34(27-13-14-27)32(17-24(3)35(36,37)38)41-29-8-4-6-26(18-29)20-39/h4-10,15-19,25,33,40-42H,3,11-14,21H2,1-2H3/b32-17-. The van der Waals surface area contributed by atoms with Crippen LogP contribution in [-0.2, 0) is 0 Å². The van der Waals surface area contributed by atoms with E-state index in [4.69, 9.17) is 0 Å². The highest BCUT2D eigenvalue weighted by Gasteiger charge is 2.32. The molecule has 216 valence electrons. The van der Waals surface area contributed by atoms with Crippen LogP contribution >= 0.6 is 0 Å². The number of nitrogens with one attached hydrogen (secondary N) is 3. The van der Waals surface area contributed by atoms with Gasteiger partial charge in [-0.1, -0.05) is 48.5 Å². The Morgan fingerprint density at radius 2 is 1.71 bits per heavy atom. The number of hydrogen-bond donors (Lipinski definition) is 3. The minimum atomic E-state index is -4.58. The molecule has 0 radical (unpaired) electrons. The molecule has 42 heavy (non-hydrogen) atoms. The van der Waals surface area contributed by atoms with Gasteiger partial charge in [-0.3, -0.25) is 0 Å². The van der Waals surface area contributed by atoms with Crippen LogP contribution in [0.15, 0.2) is 102 Å². The summed E-state index contributed by atoms with van der Waals surface area (Å²) >= 11 is 0. The maximum Gasteiger partial charge on any atom is 0.415 e. The van der Waals surface area contributed by atoms with Crippen LogP contribution in [0.3, 0.4) is 0 Å². The van der Waals surface area contributed by atoms with Crippen molar-refractivity contribution in [1.82, 2.24) is 5.32 Å². The van der Waals surface area contributed by atoms with Crippen LogP contribution in [0, 0.1) is 31.1 Å². The first-order valence-electron chi connectivity index (χ1n) is 14.3. The Kier molecular flexibility index (Phi) is 8.56. The Morgan fingerprint density at radius 3 is 2.36 bits per heavy atom. The molecule has 0 aliphatic heterocycles. The molecule has 2 fully saturated rings. The van der Waals surface area contributed by atoms with Crippen molar-refractivity contribution < 1.29 is 13.2 Å². The van der Waals surface area contributed by atoms with Gasteiger partial charge in [-0.05, 0) is 111 Å². The largest absolute Gasteiger partial charge is 0.415 e. The van der Waals surface area contributed by atoms with Crippen molar-refractivity contribution in [3.05, 3.63) is 130 Å². The van der Waals surface area contributed by atoms with Gasteiger partial charge in [0.25, 0.3) is 0 Å². The molecule has 3 N–H and O–H groups in total. The number of benzene rings is 3. The summed E-state index contributed by atoms with van der Waals surface area (Å²) in [6.45, 7) is 8.43. The first-order chi connectivity index (χ1) is 20.1. The Labute approximate surface area is 245 Å². The summed E-state index contributed by atoms with van der Waals surface area (Å²) in [4.78, 5) is 0. The fourth-order valence-corrected chi connectivity index (χ4v) is 5.01. The molecule has 0 spiro atoms. The number of allylic oxidation sites excluding steroid dienone is 3. The van der Waals surface area contributed by atoms with Crippen LogP contribution in [0.4, 0.5) is 24.5 Å². The normalized spacial score (nSPS) is 15.5. The third-order valence-electron chi connectivity index (χ3n) is 7.61. The van der Waals surface area contributed by atoms with Crippen molar-refractivity contribution in [2.45, 2.75) is 51.7 Å². The molecule has 5 rings (SSSR count). The molecule has 0 bridgehead atoms. The second-order valence-corrected chi connectivity index (χ2v) is 11.3. The van der Waals surface area contributed by atoms with Gasteiger partial charge in [0, 0.05) is 11.4 Å². The lowest BCUT2D eigenvalue weighted by atomic mass is 9.93. The Hall–Kier alpha value is -4.28. The van der Waals surface area contributed by atoms with Gasteiger partial charge >= 0.3 is 6.18 Å². The molecule has 0 heterocycles. The van der Waals surface area contributed by atoms with Crippen LogP contribution in [0.2, 0.25) is 0 Å². The molecular formula is C35H35F3N4. The van der Waals surface area contributed by atoms with Gasteiger partial charge in [-0.15, -0.1) is 0 Å². The number of anilines is 2. The van der Waals surface area contributed by atoms with Crippen LogP contribution in [0.25, 0.3) is 0 Å². The van der Waals surface area contributed by atoms with E-state index in [2.05, 4.69) is 72.8 Å². The van der Waals surface area contributed by atoms with E-state index in [0.717, 1.165) is 42.3 Å². The third kappa shape index (κ3) is 7.51. The fourth-order valence-electron chi connectivity index (χ4n) is 5.01. The highest BCUT2D eigenvalue weighted by atomic mass is 19.4. The Balaban J connectivity index is 1.49. The molecule has 4 nitrogen and oxygen atoms in total. The van der Waals surface area contributed by atoms with Crippen molar-refractivity contribution in [2.24, 2.45) is 5.92 Å². The van der Waals surface area contributed by atoms with E-state index in [1.165, 1.54) is 29.5 Å². The predicted molar refractivity (Wildman–Crippen MR) is 163 cm³/mol. The summed E-state index contributed by atoms with van der Waals surface area (Å²) in [6, 6.07) is 23.3. The van der Waals surface area contributed by atoms with Crippen LogP contribution in [-0.4, -0.2) is 12.7 Å². The summed E-state index contributed by atoms with van der Waals surface area (Å²) in [5.41, 5.74) is 7.31. The highest BCUT2D eigenvalue weighted by Crippen LogP contribution is 2.38. The molecule has 3 aromatic carbocycles. The molecule has 7 heteroatoms. The van der Waals surface area contributed by atoms with Crippen LogP contribution < -0.4 is 16.0 Å². The molecule has 2 aliphatic carbocycles. The average Bonchev–Trinajstić information content (AvgIpc) is 3.88. The zero-order chi connectivity index (χ0) is 29.9. The molecule has 0 aromatic heterocycles. The second-order valence-electron chi connectivity index (χ2n) is 11.3. The number of rotatable bonds is 11. The van der Waals surface area contributed by atoms with Gasteiger partial charge in [0.15, 0.2) is 0 Å². The number of nitrogens with zero attached hydrogens (tertiary/aromatic N) is 1. The lowest BCUT2D eigenvalue weighted by Gasteiger charge is -2.24. The summed E-state index contributed by atoms with van der Waals surface area (Å²) in [5.74, 6) is 0.700. The van der Waals surface area contributed by atoms with E-state index in [-0.39, 0.29) is 11.7 Å². The number of halogens is 3. The van der Waals surface area contributed by atoms with Crippen LogP contribution in [0.1, 0.15) is 59.5 Å². The number of alkyl halides is 3. The van der Waals surface area contributed by atoms with E-state index >= 15 is 0 Å². The highest BCUT2D eigenvalue weighted by molar-refractivity contribution is 5.65. The van der Waals surface area contributed by atoms with Gasteiger partial charge in [0.05, 0.1) is 34.6 Å². The first kappa shape index (κ1) is 29.2. The van der Waals surface area contributed by atoms with Crippen molar-refractivity contribution in [3.63, 3.8) is 0 Å². The fraction of sp³-hybridized carbons (Fsp3) is 0.286. The quantitative estimate of drug-likeness (QED) is 0.202. The average molecular weight is 569 g/mol. The van der Waals surface area contributed by atoms with Gasteiger partial charge in [-0.2, -0.15) is 18.4 Å². The molecule has 3 aromatic rings. The molecule has 2 saturated carbocycles. The monoisotopic (exact) mass is 568 g/mol. The van der Waals surface area contributed by atoms with E-state index < -0.39 is 11.7 Å². The molecule has 0 saturated heterocycles. The Morgan fingerprint density at radius 1 is 1.00 bits per heavy atom. The number of nitriles is 1. The van der Waals surface area contributed by atoms with E-state index in [0.29, 0.717) is 22.9 Å². The van der Waals surface area contributed by atoms with E-state index in [1.54, 1.807) is 24.3 Å². The summed E-state index contributed by atoms with van der Waals surface area (Å²) in [5, 5.41) is 19.7. The zero-order valence-electron chi connectivity index (χ0n) is 23.9. The van der Waals surface area contributed by atoms with E-state index in [9.17, 15) is 18.4 Å². The predicted octanol–water partition coefficient (Wildman–Crippen LogP) is 8.84. The minimum absolute atomic E-state index is 0.0168. The third-order valence-corrected chi connectivity index (χ3v) is 7.61. The SMILES string of the molecule is C=C(/C=C(\Nc1cccc(C#N)c1)C(Nc1cccc(C(NCC2CC2)c2ccc(C)cc2C)c1)=C1CC1)C(F)(F)F. The van der Waals surface area contributed by atoms with Crippen LogP contribution in [0.5, 0.6) is 0 Å². The number of hydrogen-bond acceptors (Lipinski definition) is 4. The molecule has 1 atom stereocenters. The van der Waals surface area contributed by atoms with Gasteiger partial charge in [0.2, 0.25) is 0 Å². The maximum atomic E-state index is 13.6. The summed E-state index contributed by atoms with van der Waals surface area (Å²) < 4.78 is 40.8. The van der Waals surface area contributed by atoms with Crippen molar-refractivity contribution in [1.29, 1.82) is 5.26 Å². The second kappa shape index (κ2) is 12.3. The van der Waals surface area contributed by atoms with E-state index in [1.807, 2.05) is 12.1 Å². The Bertz CT molecular complexity index is 1580. The first-order valence-corrected chi connectivity index (χ1v) is 14.3. The van der Waals surface area contributed by atoms with Crippen molar-refractivity contribution in [2.75, 3.05) is 17.2 Å². The maximum absolute atomic E-state index is 13.6. The van der Waals surface area contributed by atoms with Gasteiger partial charge < -0.3 is 16.0 Å².